The van der Waals surface area contributed by atoms with Crippen LogP contribution in [-0.2, 0) is 31.0 Å². The van der Waals surface area contributed by atoms with Gasteiger partial charge in [0.05, 0.1) is 23.0 Å². The summed E-state index contributed by atoms with van der Waals surface area (Å²) in [5, 5.41) is 40.7. The Kier molecular flexibility index (Phi) is 18.5. The molecule has 2 heterocycles. The second-order valence-corrected chi connectivity index (χ2v) is 18.2. The quantitative estimate of drug-likeness (QED) is 0.0666. The van der Waals surface area contributed by atoms with Crippen LogP contribution in [0.15, 0.2) is 60.7 Å². The number of amides is 5. The fraction of sp³-hybridized carbons (Fsp3) is 0.440. The Morgan fingerprint density at radius 3 is 2.03 bits per heavy atom. The van der Waals surface area contributed by atoms with Gasteiger partial charge in [-0.25, -0.2) is 9.97 Å². The lowest BCUT2D eigenvalue weighted by Gasteiger charge is -2.32. The van der Waals surface area contributed by atoms with Crippen molar-refractivity contribution < 1.29 is 43.7 Å². The van der Waals surface area contributed by atoms with E-state index in [1.165, 1.54) is 26.1 Å². The highest BCUT2D eigenvalue weighted by Crippen LogP contribution is 2.40. The zero-order chi connectivity index (χ0) is 51.4. The smallest absolute Gasteiger partial charge is 0.255 e. The van der Waals surface area contributed by atoms with Crippen LogP contribution in [0.2, 0.25) is 0 Å². The predicted molar refractivity (Wildman–Crippen MR) is 261 cm³/mol. The molecule has 0 radical (unpaired) electrons. The molecule has 20 nitrogen and oxygen atoms in total. The largest absolute Gasteiger partial charge is 0.490 e. The number of carbonyl (C=O) groups excluding carboxylic acids is 5. The summed E-state index contributed by atoms with van der Waals surface area (Å²) in [5.74, 6) is -2.77. The van der Waals surface area contributed by atoms with Gasteiger partial charge in [0, 0.05) is 43.2 Å². The molecule has 0 spiro atoms. The number of aromatic nitrogens is 2. The molecule has 70 heavy (non-hydrogen) atoms. The van der Waals surface area contributed by atoms with Crippen molar-refractivity contribution in [2.24, 2.45) is 17.2 Å². The van der Waals surface area contributed by atoms with Crippen LogP contribution >= 0.6 is 0 Å². The first-order chi connectivity index (χ1) is 33.2. The zero-order valence-corrected chi connectivity index (χ0v) is 40.7. The van der Waals surface area contributed by atoms with Crippen LogP contribution in [0, 0.1) is 25.2 Å². The van der Waals surface area contributed by atoms with Gasteiger partial charge in [-0.2, -0.15) is 5.26 Å². The minimum atomic E-state index is -1.50. The van der Waals surface area contributed by atoms with Gasteiger partial charge in [-0.05, 0) is 80.1 Å². The van der Waals surface area contributed by atoms with Crippen LogP contribution in [0.25, 0.3) is 22.5 Å². The molecular formula is C50H65N11O9. The third-order valence-electron chi connectivity index (χ3n) is 11.8. The van der Waals surface area contributed by atoms with E-state index in [9.17, 15) is 39.4 Å². The van der Waals surface area contributed by atoms with E-state index in [1.54, 1.807) is 38.1 Å². The molecule has 5 amide bonds. The van der Waals surface area contributed by atoms with Gasteiger partial charge in [-0.15, -0.1) is 0 Å². The number of hydrogen-bond acceptors (Lipinski definition) is 15. The lowest BCUT2D eigenvalue weighted by atomic mass is 9.86. The molecule has 6 atom stereocenters. The van der Waals surface area contributed by atoms with Gasteiger partial charge in [-0.1, -0.05) is 57.2 Å². The highest BCUT2D eigenvalue weighted by Gasteiger charge is 2.36. The van der Waals surface area contributed by atoms with Crippen LogP contribution in [0.5, 0.6) is 11.5 Å². The number of ether oxygens (including phenoxy) is 2. The van der Waals surface area contributed by atoms with Gasteiger partial charge in [-0.3, -0.25) is 24.0 Å². The maximum absolute atomic E-state index is 14.8. The normalized spacial score (nSPS) is 17.3. The molecule has 0 saturated carbocycles. The van der Waals surface area contributed by atoms with Crippen molar-refractivity contribution in [3.63, 3.8) is 0 Å². The molecule has 3 unspecified atom stereocenters. The van der Waals surface area contributed by atoms with Crippen molar-refractivity contribution in [1.29, 1.82) is 5.26 Å². The standard InChI is InChI=1S/C50H65N11O9/c1-27-42(28(2)57-44(56-27)31-9-12-33(13-10-31)50(4,5)6)47(66)59-38(16-17-51)49(68)61(7)43-32-11-15-41(70-26-35(63)24-54)37(22-32)36-20-30(8-14-40(36)69-25-34(62)23-53)21-39(46(65)55-19-18-52)60-45(64)29(3)58-48(43)67/h8-15,20,22,29,34-35,38-39,43,62-63H,16-17,19,21,23-26,51,53-54H2,1-7H3,(H,55,65)(H,58,67)(H,59,66)(H,60,64)/t29-,34?,35?,38?,39-,43-/m0/s1. The summed E-state index contributed by atoms with van der Waals surface area (Å²) in [4.78, 5) is 81.3. The molecule has 0 saturated heterocycles. The Labute approximate surface area is 407 Å². The van der Waals surface area contributed by atoms with E-state index in [1.807, 2.05) is 30.3 Å². The number of benzene rings is 3. The van der Waals surface area contributed by atoms with E-state index in [-0.39, 0.29) is 80.3 Å². The summed E-state index contributed by atoms with van der Waals surface area (Å²) in [6.45, 7) is 10.0. The molecule has 12 N–H and O–H groups in total. The monoisotopic (exact) mass is 963 g/mol. The maximum atomic E-state index is 14.8. The summed E-state index contributed by atoms with van der Waals surface area (Å²) in [7, 11) is 1.37. The lowest BCUT2D eigenvalue weighted by Crippen LogP contribution is -2.56. The molecule has 3 aromatic carbocycles. The summed E-state index contributed by atoms with van der Waals surface area (Å²) in [6, 6.07) is 14.0. The van der Waals surface area contributed by atoms with E-state index in [0.29, 0.717) is 33.9 Å². The molecule has 4 bridgehead atoms. The highest BCUT2D eigenvalue weighted by molar-refractivity contribution is 6.00. The summed E-state index contributed by atoms with van der Waals surface area (Å²) >= 11 is 0. The van der Waals surface area contributed by atoms with Crippen molar-refractivity contribution in [1.82, 2.24) is 36.1 Å². The van der Waals surface area contributed by atoms with E-state index in [0.717, 1.165) is 16.0 Å². The fourth-order valence-corrected chi connectivity index (χ4v) is 7.82. The molecule has 1 aliphatic rings. The first-order valence-corrected chi connectivity index (χ1v) is 23.0. The van der Waals surface area contributed by atoms with Crippen molar-refractivity contribution in [2.45, 2.75) is 96.2 Å². The Balaban J connectivity index is 1.61. The van der Waals surface area contributed by atoms with Gasteiger partial charge < -0.3 is 63.1 Å². The van der Waals surface area contributed by atoms with Crippen LogP contribution in [0.1, 0.15) is 78.6 Å². The number of carbonyl (C=O) groups is 5. The number of nitrogens with zero attached hydrogens (tertiary/aromatic N) is 4. The van der Waals surface area contributed by atoms with Crippen LogP contribution in [0.3, 0.4) is 0 Å². The Bertz CT molecular complexity index is 2550. The number of aliphatic hydroxyl groups is 2. The molecular weight excluding hydrogens is 899 g/mol. The van der Waals surface area contributed by atoms with Crippen LogP contribution in [-0.4, -0.2) is 131 Å². The number of fused-ring (bicyclic) bond motifs is 5. The Morgan fingerprint density at radius 2 is 1.47 bits per heavy atom. The van der Waals surface area contributed by atoms with E-state index < -0.39 is 65.9 Å². The van der Waals surface area contributed by atoms with Gasteiger partial charge in [0.15, 0.2) is 5.82 Å². The topological polar surface area (TPSA) is 323 Å². The molecule has 5 rings (SSSR count). The van der Waals surface area contributed by atoms with Gasteiger partial charge in [0.2, 0.25) is 23.6 Å². The second-order valence-electron chi connectivity index (χ2n) is 18.2. The first kappa shape index (κ1) is 53.9. The molecule has 0 aliphatic carbocycles. The van der Waals surface area contributed by atoms with Gasteiger partial charge in [0.25, 0.3) is 5.91 Å². The first-order valence-electron chi connectivity index (χ1n) is 23.0. The summed E-state index contributed by atoms with van der Waals surface area (Å²) < 4.78 is 12.2. The fourth-order valence-electron chi connectivity index (χ4n) is 7.82. The molecule has 1 aliphatic heterocycles. The average Bonchev–Trinajstić information content (AvgIpc) is 3.32. The maximum Gasteiger partial charge on any atom is 0.255 e. The van der Waals surface area contributed by atoms with E-state index in [2.05, 4.69) is 52.0 Å². The number of nitriles is 1. The van der Waals surface area contributed by atoms with Crippen LogP contribution in [0.4, 0.5) is 0 Å². The van der Waals surface area contributed by atoms with E-state index in [4.69, 9.17) is 26.7 Å². The number of hydrogen-bond donors (Lipinski definition) is 9. The third kappa shape index (κ3) is 13.4. The number of aliphatic hydroxyl groups excluding tert-OH is 2. The third-order valence-corrected chi connectivity index (χ3v) is 11.8. The van der Waals surface area contributed by atoms with E-state index >= 15 is 0 Å². The summed E-state index contributed by atoms with van der Waals surface area (Å²) in [6.07, 6.45) is -2.25. The molecule has 4 aromatic rings. The molecule has 1 aromatic heterocycles. The number of aryl methyl sites for hydroxylation is 2. The lowest BCUT2D eigenvalue weighted by molar-refractivity contribution is -0.141. The van der Waals surface area contributed by atoms with Crippen LogP contribution < -0.4 is 47.9 Å². The number of rotatable bonds is 17. The minimum absolute atomic E-state index is 0.0392. The van der Waals surface area contributed by atoms with Crippen molar-refractivity contribution >= 4 is 29.5 Å². The SMILES string of the molecule is Cc1nc(-c2ccc(C(C)(C)C)cc2)nc(C)c1C(=O)NC(CCN)C(=O)N(C)[C@@H]1C(=O)N[C@@H](C)C(=O)N[C@H](C(=O)NCC#N)Cc2ccc(OCC(O)CN)c(c2)-c2cc1ccc2OCC(O)CN. The van der Waals surface area contributed by atoms with Gasteiger partial charge in [0.1, 0.15) is 67.6 Å². The number of likely N-dealkylation sites (N-methyl/N-ethyl adjacent to an activating group) is 1. The Hall–Kier alpha value is -7.02. The predicted octanol–water partition coefficient (Wildman–Crippen LogP) is 0.954. The number of nitrogens with two attached hydrogens (primary N) is 3. The zero-order valence-electron chi connectivity index (χ0n) is 40.7. The average molecular weight is 964 g/mol. The van der Waals surface area contributed by atoms with Crippen molar-refractivity contribution in [2.75, 3.05) is 46.4 Å². The molecule has 374 valence electrons. The Morgan fingerprint density at radius 1 is 0.886 bits per heavy atom. The minimum Gasteiger partial charge on any atom is -0.490 e. The number of nitrogens with one attached hydrogen (secondary N) is 4. The van der Waals surface area contributed by atoms with Gasteiger partial charge >= 0.3 is 0 Å². The molecule has 20 heteroatoms. The second kappa shape index (κ2) is 24.0. The summed E-state index contributed by atoms with van der Waals surface area (Å²) in [5.41, 5.74) is 21.5. The molecule has 0 fully saturated rings. The van der Waals surface area contributed by atoms with Crippen molar-refractivity contribution in [3.8, 4) is 40.1 Å². The highest BCUT2D eigenvalue weighted by atomic mass is 16.5. The van der Waals surface area contributed by atoms with Crippen molar-refractivity contribution in [3.05, 3.63) is 94.3 Å².